The van der Waals surface area contributed by atoms with Crippen molar-refractivity contribution >= 4 is 34.0 Å². The molecule has 4 rings (SSSR count). The molecule has 0 bridgehead atoms. The van der Waals surface area contributed by atoms with Gasteiger partial charge in [0.25, 0.3) is 11.8 Å². The number of benzene rings is 1. The number of hydrogen-bond donors (Lipinski definition) is 2. The topological polar surface area (TPSA) is 96.0 Å². The molecule has 2 aliphatic heterocycles. The van der Waals surface area contributed by atoms with Gasteiger partial charge in [0.2, 0.25) is 0 Å². The first kappa shape index (κ1) is 26.5. The van der Waals surface area contributed by atoms with E-state index in [0.29, 0.717) is 36.1 Å². The minimum Gasteiger partial charge on any atom is -0.380 e. The van der Waals surface area contributed by atoms with Crippen LogP contribution in [-0.4, -0.2) is 87.5 Å². The van der Waals surface area contributed by atoms with Gasteiger partial charge in [0, 0.05) is 51.3 Å². The van der Waals surface area contributed by atoms with Gasteiger partial charge in [0.05, 0.1) is 30.6 Å². The van der Waals surface area contributed by atoms with E-state index >= 15 is 0 Å². The van der Waals surface area contributed by atoms with Crippen LogP contribution in [0, 0.1) is 0 Å². The summed E-state index contributed by atoms with van der Waals surface area (Å²) in [6.07, 6.45) is 2.30. The van der Waals surface area contributed by atoms with E-state index in [1.54, 1.807) is 24.6 Å². The average Bonchev–Trinajstić information content (AvgIpc) is 3.66. The molecule has 36 heavy (non-hydrogen) atoms. The Hall–Kier alpha value is -2.60. The van der Waals surface area contributed by atoms with Crippen LogP contribution in [-0.2, 0) is 16.0 Å². The van der Waals surface area contributed by atoms with E-state index in [9.17, 15) is 14.0 Å². The fraction of sp³-hybridized carbons (Fsp3) is 0.560. The molecule has 1 aromatic carbocycles. The molecule has 2 aromatic rings. The Bertz CT molecular complexity index is 1050. The van der Waals surface area contributed by atoms with Gasteiger partial charge in [-0.25, -0.2) is 4.98 Å². The molecule has 11 heteroatoms. The minimum atomic E-state index is -0.507. The number of methoxy groups -OCH3 is 1. The third-order valence-corrected chi connectivity index (χ3v) is 7.51. The summed E-state index contributed by atoms with van der Waals surface area (Å²) >= 11 is 1.41. The van der Waals surface area contributed by atoms with Crippen LogP contribution in [0.25, 0.3) is 0 Å². The lowest BCUT2D eigenvalue weighted by Gasteiger charge is -2.23. The highest BCUT2D eigenvalue weighted by Crippen LogP contribution is 2.27. The molecule has 0 spiro atoms. The number of amides is 2. The van der Waals surface area contributed by atoms with Crippen molar-refractivity contribution in [2.24, 2.45) is 0 Å². The van der Waals surface area contributed by atoms with Gasteiger partial charge in [-0.2, -0.15) is 0 Å². The number of anilines is 2. The number of carbonyl (C=O) groups excluding carboxylic acids is 2. The molecule has 0 aliphatic carbocycles. The summed E-state index contributed by atoms with van der Waals surface area (Å²) in [6.45, 7) is 3.38. The molecule has 2 aliphatic rings. The van der Waals surface area contributed by atoms with Crippen molar-refractivity contribution in [1.29, 1.82) is 0 Å². The first-order valence-electron chi connectivity index (χ1n) is 12.3. The maximum absolute atomic E-state index is 13.0. The van der Waals surface area contributed by atoms with Crippen molar-refractivity contribution in [2.75, 3.05) is 63.9 Å². The van der Waals surface area contributed by atoms with Gasteiger partial charge in [-0.15, -0.1) is 11.3 Å². The number of rotatable bonds is 11. The molecule has 2 fully saturated rings. The van der Waals surface area contributed by atoms with Gasteiger partial charge in [-0.3, -0.25) is 18.9 Å². The normalized spacial score (nSPS) is 19.7. The smallest absolute Gasteiger partial charge is 0.275 e. The quantitative estimate of drug-likeness (QED) is 0.441. The summed E-state index contributed by atoms with van der Waals surface area (Å²) in [4.78, 5) is 34.8. The average molecular weight is 520 g/mol. The van der Waals surface area contributed by atoms with Crippen LogP contribution in [0.4, 0.5) is 15.2 Å². The number of aromatic nitrogens is 1. The van der Waals surface area contributed by atoms with E-state index in [-0.39, 0.29) is 30.9 Å². The van der Waals surface area contributed by atoms with Crippen LogP contribution in [0.1, 0.15) is 45.7 Å². The molecular weight excluding hydrogens is 485 g/mol. The van der Waals surface area contributed by atoms with Crippen molar-refractivity contribution in [3.8, 4) is 0 Å². The zero-order valence-corrected chi connectivity index (χ0v) is 21.6. The van der Waals surface area contributed by atoms with Crippen molar-refractivity contribution < 1.29 is 23.5 Å². The predicted octanol–water partition coefficient (Wildman–Crippen LogP) is 2.93. The van der Waals surface area contributed by atoms with E-state index in [1.807, 2.05) is 13.1 Å². The lowest BCUT2D eigenvalue weighted by Crippen LogP contribution is -2.31. The Labute approximate surface area is 215 Å². The summed E-state index contributed by atoms with van der Waals surface area (Å²) in [5.74, 6) is -0.736. The molecule has 0 unspecified atom stereocenters. The third-order valence-electron chi connectivity index (χ3n) is 6.61. The van der Waals surface area contributed by atoms with E-state index in [2.05, 4.69) is 25.4 Å². The summed E-state index contributed by atoms with van der Waals surface area (Å²) < 4.78 is 23.5. The third kappa shape index (κ3) is 6.58. The Kier molecular flexibility index (Phi) is 9.24. The Morgan fingerprint density at radius 3 is 2.92 bits per heavy atom. The number of ether oxygens (including phenoxy) is 2. The number of alkyl halides is 1. The number of halogens is 1. The predicted molar refractivity (Wildman–Crippen MR) is 138 cm³/mol. The summed E-state index contributed by atoms with van der Waals surface area (Å²) in [6, 6.07) is 5.77. The number of hydrogen-bond acceptors (Lipinski definition) is 8. The number of thiazole rings is 1. The van der Waals surface area contributed by atoms with Gasteiger partial charge in [0.1, 0.15) is 5.69 Å². The van der Waals surface area contributed by atoms with Gasteiger partial charge >= 0.3 is 0 Å². The standard InChI is InChI=1S/C25H34FN5O4S/c1-30(18-7-11-35-15-18)13-17-4-5-21(20(12-17)23(32)27-9-3-8-26)28-24(33)22-16-36-25(29-22)31-10-6-19(14-31)34-2/h4-5,12,16,18-19H,3,6-11,13-15H2,1-2H3,(H,27,32)(H,28,33)/t18-,19+/m1/s1. The molecule has 1 aromatic heterocycles. The molecule has 2 saturated heterocycles. The van der Waals surface area contributed by atoms with E-state index in [0.717, 1.165) is 43.2 Å². The van der Waals surface area contributed by atoms with Crippen LogP contribution in [0.3, 0.4) is 0 Å². The summed E-state index contributed by atoms with van der Waals surface area (Å²) in [7, 11) is 3.73. The van der Waals surface area contributed by atoms with Gasteiger partial charge < -0.3 is 25.0 Å². The van der Waals surface area contributed by atoms with Crippen LogP contribution >= 0.6 is 11.3 Å². The largest absolute Gasteiger partial charge is 0.380 e. The van der Waals surface area contributed by atoms with Gasteiger partial charge in [0.15, 0.2) is 5.13 Å². The zero-order valence-electron chi connectivity index (χ0n) is 20.8. The minimum absolute atomic E-state index is 0.170. The fourth-order valence-corrected chi connectivity index (χ4v) is 5.27. The molecule has 196 valence electrons. The number of nitrogens with zero attached hydrogens (tertiary/aromatic N) is 3. The van der Waals surface area contributed by atoms with E-state index in [4.69, 9.17) is 9.47 Å². The van der Waals surface area contributed by atoms with Crippen LogP contribution < -0.4 is 15.5 Å². The van der Waals surface area contributed by atoms with E-state index in [1.165, 1.54) is 11.3 Å². The molecule has 2 amide bonds. The highest BCUT2D eigenvalue weighted by atomic mass is 32.1. The lowest BCUT2D eigenvalue weighted by atomic mass is 10.1. The monoisotopic (exact) mass is 519 g/mol. The number of likely N-dealkylation sites (N-methyl/N-ethyl adjacent to an activating group) is 1. The summed E-state index contributed by atoms with van der Waals surface area (Å²) in [5.41, 5.74) is 1.97. The molecule has 0 saturated carbocycles. The second-order valence-electron chi connectivity index (χ2n) is 9.17. The molecule has 3 heterocycles. The maximum atomic E-state index is 13.0. The van der Waals surface area contributed by atoms with Crippen molar-refractivity contribution in [1.82, 2.24) is 15.2 Å². The van der Waals surface area contributed by atoms with Crippen molar-refractivity contribution in [3.05, 3.63) is 40.4 Å². The Morgan fingerprint density at radius 2 is 2.19 bits per heavy atom. The second kappa shape index (κ2) is 12.6. The first-order chi connectivity index (χ1) is 17.5. The zero-order chi connectivity index (χ0) is 25.5. The first-order valence-corrected chi connectivity index (χ1v) is 13.2. The lowest BCUT2D eigenvalue weighted by molar-refractivity contribution is 0.0953. The highest BCUT2D eigenvalue weighted by Gasteiger charge is 2.26. The summed E-state index contributed by atoms with van der Waals surface area (Å²) in [5, 5.41) is 8.09. The highest BCUT2D eigenvalue weighted by molar-refractivity contribution is 7.14. The fourth-order valence-electron chi connectivity index (χ4n) is 4.43. The molecule has 2 atom stereocenters. The van der Waals surface area contributed by atoms with E-state index < -0.39 is 6.67 Å². The van der Waals surface area contributed by atoms with Crippen LogP contribution in [0.15, 0.2) is 23.6 Å². The molecule has 9 nitrogen and oxygen atoms in total. The van der Waals surface area contributed by atoms with Crippen molar-refractivity contribution in [3.63, 3.8) is 0 Å². The Morgan fingerprint density at radius 1 is 1.33 bits per heavy atom. The second-order valence-corrected chi connectivity index (χ2v) is 10.0. The van der Waals surface area contributed by atoms with Gasteiger partial charge in [-0.05, 0) is 44.0 Å². The van der Waals surface area contributed by atoms with Crippen LogP contribution in [0.2, 0.25) is 0 Å². The number of nitrogens with one attached hydrogen (secondary N) is 2. The number of carbonyl (C=O) groups is 2. The van der Waals surface area contributed by atoms with Crippen LogP contribution in [0.5, 0.6) is 0 Å². The van der Waals surface area contributed by atoms with Gasteiger partial charge in [-0.1, -0.05) is 6.07 Å². The molecular formula is C25H34FN5O4S. The molecule has 0 radical (unpaired) electrons. The van der Waals surface area contributed by atoms with Crippen molar-refractivity contribution in [2.45, 2.75) is 38.0 Å². The molecule has 2 N–H and O–H groups in total. The maximum Gasteiger partial charge on any atom is 0.275 e. The Balaban J connectivity index is 1.48. The SMILES string of the molecule is CO[C@H]1CCN(c2nc(C(=O)Nc3ccc(CN(C)[C@@H]4CCOC4)cc3C(=O)NCCCF)cs2)C1.